The molecule has 0 unspecified atom stereocenters. The Morgan fingerprint density at radius 2 is 1.23 bits per heavy atom. The molecule has 1 N–H and O–H groups in total. The van der Waals surface area contributed by atoms with E-state index in [4.69, 9.17) is 0 Å². The molecule has 154 valence electrons. The predicted molar refractivity (Wildman–Crippen MR) is 120 cm³/mol. The number of piperazine rings is 1. The van der Waals surface area contributed by atoms with Gasteiger partial charge in [-0.25, -0.2) is 0 Å². The molecule has 5 nitrogen and oxygen atoms in total. The summed E-state index contributed by atoms with van der Waals surface area (Å²) in [5, 5.41) is 2.65. The number of hydrogen-bond donors (Lipinski definition) is 1. The molecule has 1 aliphatic rings. The Bertz CT molecular complexity index is 947. The van der Waals surface area contributed by atoms with Crippen LogP contribution in [0.3, 0.4) is 0 Å². The summed E-state index contributed by atoms with van der Waals surface area (Å²) in [4.78, 5) is 20.8. The van der Waals surface area contributed by atoms with E-state index in [0.717, 1.165) is 44.8 Å². The number of hydrogen-bond acceptors (Lipinski definition) is 4. The molecule has 30 heavy (non-hydrogen) atoms. The number of aromatic nitrogens is 1. The van der Waals surface area contributed by atoms with Gasteiger partial charge in [-0.1, -0.05) is 36.4 Å². The second kappa shape index (κ2) is 9.65. The van der Waals surface area contributed by atoms with E-state index in [1.807, 2.05) is 36.7 Å². The van der Waals surface area contributed by atoms with Gasteiger partial charge in [-0.2, -0.15) is 0 Å². The molecule has 1 fully saturated rings. The fourth-order valence-corrected chi connectivity index (χ4v) is 3.87. The number of amides is 1. The highest BCUT2D eigenvalue weighted by molar-refractivity contribution is 5.94. The van der Waals surface area contributed by atoms with Gasteiger partial charge in [0.1, 0.15) is 0 Å². The molecule has 0 spiro atoms. The van der Waals surface area contributed by atoms with Crippen molar-refractivity contribution in [1.29, 1.82) is 0 Å². The van der Waals surface area contributed by atoms with Gasteiger partial charge in [0.25, 0.3) is 5.91 Å². The largest absolute Gasteiger partial charge is 0.355 e. The maximum absolute atomic E-state index is 11.7. The van der Waals surface area contributed by atoms with Crippen molar-refractivity contribution in [3.8, 4) is 11.1 Å². The standard InChI is InChI=1S/C25H28N4O/c1-26-25(30)24-8-6-23(7-9-24)22-4-2-20(3-5-22)18-28-14-16-29(17-15-28)19-21-10-12-27-13-11-21/h2-13H,14-19H2,1H3,(H,26,30). The van der Waals surface area contributed by atoms with Gasteiger partial charge in [0.15, 0.2) is 0 Å². The maximum atomic E-state index is 11.7. The molecule has 5 heteroatoms. The molecule has 3 aromatic rings. The van der Waals surface area contributed by atoms with Crippen LogP contribution in [0.15, 0.2) is 73.1 Å². The lowest BCUT2D eigenvalue weighted by Crippen LogP contribution is -2.45. The Hall–Kier alpha value is -3.02. The van der Waals surface area contributed by atoms with Crippen LogP contribution < -0.4 is 5.32 Å². The lowest BCUT2D eigenvalue weighted by Gasteiger charge is -2.34. The van der Waals surface area contributed by atoms with E-state index in [9.17, 15) is 4.79 Å². The van der Waals surface area contributed by atoms with Gasteiger partial charge in [-0.3, -0.25) is 19.6 Å². The van der Waals surface area contributed by atoms with Crippen molar-refractivity contribution in [1.82, 2.24) is 20.1 Å². The van der Waals surface area contributed by atoms with Crippen LogP contribution >= 0.6 is 0 Å². The lowest BCUT2D eigenvalue weighted by atomic mass is 10.0. The van der Waals surface area contributed by atoms with Crippen LogP contribution in [0, 0.1) is 0 Å². The highest BCUT2D eigenvalue weighted by Gasteiger charge is 2.17. The number of nitrogens with zero attached hydrogens (tertiary/aromatic N) is 3. The quantitative estimate of drug-likeness (QED) is 0.689. The number of nitrogens with one attached hydrogen (secondary N) is 1. The average molecular weight is 401 g/mol. The topological polar surface area (TPSA) is 48.5 Å². The zero-order valence-corrected chi connectivity index (χ0v) is 17.4. The van der Waals surface area contributed by atoms with Gasteiger partial charge in [0.2, 0.25) is 0 Å². The summed E-state index contributed by atoms with van der Waals surface area (Å²) in [6.07, 6.45) is 3.73. The zero-order chi connectivity index (χ0) is 20.8. The molecule has 0 aliphatic carbocycles. The smallest absolute Gasteiger partial charge is 0.251 e. The Kier molecular flexibility index (Phi) is 6.52. The van der Waals surface area contributed by atoms with E-state index in [2.05, 4.69) is 56.5 Å². The Morgan fingerprint density at radius 3 is 1.73 bits per heavy atom. The number of carbonyl (C=O) groups excluding carboxylic acids is 1. The van der Waals surface area contributed by atoms with Crippen molar-refractivity contribution in [2.45, 2.75) is 13.1 Å². The number of benzene rings is 2. The molecule has 0 saturated carbocycles. The number of carbonyl (C=O) groups is 1. The van der Waals surface area contributed by atoms with E-state index >= 15 is 0 Å². The van der Waals surface area contributed by atoms with Crippen LogP contribution in [0.1, 0.15) is 21.5 Å². The van der Waals surface area contributed by atoms with Crippen LogP contribution in [0.25, 0.3) is 11.1 Å². The third kappa shape index (κ3) is 5.12. The summed E-state index contributed by atoms with van der Waals surface area (Å²) in [6.45, 7) is 6.36. The first-order valence-electron chi connectivity index (χ1n) is 10.5. The third-order valence-corrected chi connectivity index (χ3v) is 5.69. The first-order valence-corrected chi connectivity index (χ1v) is 10.5. The minimum atomic E-state index is -0.0576. The van der Waals surface area contributed by atoms with Crippen molar-refractivity contribution in [3.63, 3.8) is 0 Å². The first-order chi connectivity index (χ1) is 14.7. The van der Waals surface area contributed by atoms with Crippen molar-refractivity contribution in [2.75, 3.05) is 33.2 Å². The van der Waals surface area contributed by atoms with E-state index < -0.39 is 0 Å². The van der Waals surface area contributed by atoms with E-state index in [-0.39, 0.29) is 5.91 Å². The van der Waals surface area contributed by atoms with Crippen molar-refractivity contribution < 1.29 is 4.79 Å². The zero-order valence-electron chi connectivity index (χ0n) is 17.4. The molecular formula is C25H28N4O. The highest BCUT2D eigenvalue weighted by Crippen LogP contribution is 2.21. The van der Waals surface area contributed by atoms with E-state index in [0.29, 0.717) is 5.56 Å². The summed E-state index contributed by atoms with van der Waals surface area (Å²) in [6, 6.07) is 20.7. The molecule has 0 atom stereocenters. The van der Waals surface area contributed by atoms with Gasteiger partial charge in [0.05, 0.1) is 0 Å². The second-order valence-corrected chi connectivity index (χ2v) is 7.76. The molecule has 1 saturated heterocycles. The number of rotatable bonds is 6. The van der Waals surface area contributed by atoms with Crippen LogP contribution in [0.5, 0.6) is 0 Å². The minimum absolute atomic E-state index is 0.0576. The van der Waals surface area contributed by atoms with Crippen molar-refractivity contribution in [2.24, 2.45) is 0 Å². The monoisotopic (exact) mass is 400 g/mol. The fraction of sp³-hybridized carbons (Fsp3) is 0.280. The summed E-state index contributed by atoms with van der Waals surface area (Å²) in [5.74, 6) is -0.0576. The maximum Gasteiger partial charge on any atom is 0.251 e. The summed E-state index contributed by atoms with van der Waals surface area (Å²) in [5.41, 5.74) is 5.64. The van der Waals surface area contributed by atoms with Crippen molar-refractivity contribution in [3.05, 3.63) is 89.7 Å². The van der Waals surface area contributed by atoms with Gasteiger partial charge < -0.3 is 5.32 Å². The molecule has 1 amide bonds. The molecule has 0 radical (unpaired) electrons. The normalized spacial score (nSPS) is 15.1. The molecule has 1 aliphatic heterocycles. The van der Waals surface area contributed by atoms with Crippen LogP contribution in [-0.2, 0) is 13.1 Å². The van der Waals surface area contributed by atoms with Crippen molar-refractivity contribution >= 4 is 5.91 Å². The first kappa shape index (κ1) is 20.3. The van der Waals surface area contributed by atoms with E-state index in [1.165, 1.54) is 16.7 Å². The SMILES string of the molecule is CNC(=O)c1ccc(-c2ccc(CN3CCN(Cc4ccncc4)CC3)cc2)cc1. The molecule has 4 rings (SSSR count). The predicted octanol–water partition coefficient (Wildman–Crippen LogP) is 3.43. The van der Waals surface area contributed by atoms with Gasteiger partial charge >= 0.3 is 0 Å². The summed E-state index contributed by atoms with van der Waals surface area (Å²) in [7, 11) is 1.65. The lowest BCUT2D eigenvalue weighted by molar-refractivity contribution is 0.0963. The van der Waals surface area contributed by atoms with E-state index in [1.54, 1.807) is 7.05 Å². The van der Waals surface area contributed by atoms with Crippen LogP contribution in [0.4, 0.5) is 0 Å². The molecular weight excluding hydrogens is 372 g/mol. The molecule has 1 aromatic heterocycles. The minimum Gasteiger partial charge on any atom is -0.355 e. The third-order valence-electron chi connectivity index (χ3n) is 5.69. The van der Waals surface area contributed by atoms with Gasteiger partial charge in [-0.15, -0.1) is 0 Å². The summed E-state index contributed by atoms with van der Waals surface area (Å²) >= 11 is 0. The Balaban J connectivity index is 1.29. The van der Waals surface area contributed by atoms with Crippen LogP contribution in [0.2, 0.25) is 0 Å². The number of pyridine rings is 1. The fourth-order valence-electron chi connectivity index (χ4n) is 3.87. The Morgan fingerprint density at radius 1 is 0.767 bits per heavy atom. The van der Waals surface area contributed by atoms with Gasteiger partial charge in [0, 0.05) is 64.3 Å². The average Bonchev–Trinajstić information content (AvgIpc) is 2.81. The Labute approximate surface area is 178 Å². The summed E-state index contributed by atoms with van der Waals surface area (Å²) < 4.78 is 0. The highest BCUT2D eigenvalue weighted by atomic mass is 16.1. The second-order valence-electron chi connectivity index (χ2n) is 7.76. The van der Waals surface area contributed by atoms with Crippen LogP contribution in [-0.4, -0.2) is 53.9 Å². The molecule has 2 heterocycles. The van der Waals surface area contributed by atoms with Gasteiger partial charge in [-0.05, 0) is 46.5 Å². The molecule has 2 aromatic carbocycles. The molecule has 0 bridgehead atoms.